The molecule has 1 amide bonds. The van der Waals surface area contributed by atoms with E-state index in [1.807, 2.05) is 74.2 Å². The predicted octanol–water partition coefficient (Wildman–Crippen LogP) is 6.05. The first-order valence-electron chi connectivity index (χ1n) is 16.0. The normalized spacial score (nSPS) is 15.2. The summed E-state index contributed by atoms with van der Waals surface area (Å²) >= 11 is 0. The molecule has 12 heteroatoms. The van der Waals surface area contributed by atoms with Gasteiger partial charge in [0.2, 0.25) is 11.9 Å². The van der Waals surface area contributed by atoms with Crippen molar-refractivity contribution in [1.82, 2.24) is 29.7 Å². The van der Waals surface area contributed by atoms with E-state index in [-0.39, 0.29) is 23.5 Å². The van der Waals surface area contributed by atoms with Crippen LogP contribution in [0, 0.1) is 12.9 Å². The summed E-state index contributed by atoms with van der Waals surface area (Å²) in [5, 5.41) is 0. The van der Waals surface area contributed by atoms with Gasteiger partial charge in [0.15, 0.2) is 5.82 Å². The molecule has 0 unspecified atom stereocenters. The van der Waals surface area contributed by atoms with Crippen LogP contribution < -0.4 is 14.4 Å². The minimum absolute atomic E-state index is 0.0651. The molecule has 2 aromatic carbocycles. The number of halogens is 1. The molecule has 2 aromatic heterocycles. The molecule has 1 aliphatic heterocycles. The standard InChI is InChI=1S/C36H44FN7O4/c1-24-20-43(35(45)48-36(3,4)5)17-16-42(24)23-28-18-31(32(37)38-19-28)33-39-25(2)40-34(41-33)44(21-26-8-12-29(46-6)13-9-26)22-27-10-14-30(47-7)15-11-27/h8-15,18-19,24H,16-17,20-23H2,1-7H3/t24-/m0/s1. The SMILES string of the molecule is COc1ccc(CN(Cc2ccc(OC)cc2)c2nc(C)nc(-c3cc(CN4CCN(C(=O)OC(C)(C)C)C[C@@H]4C)cnc3F)n2)cc1. The molecule has 254 valence electrons. The van der Waals surface area contributed by atoms with Crippen LogP contribution in [0.2, 0.25) is 0 Å². The van der Waals surface area contributed by atoms with Crippen LogP contribution in [0.3, 0.4) is 0 Å². The number of rotatable bonds is 10. The smallest absolute Gasteiger partial charge is 0.410 e. The average Bonchev–Trinajstić information content (AvgIpc) is 3.05. The summed E-state index contributed by atoms with van der Waals surface area (Å²) in [6.45, 7) is 12.7. The molecule has 1 aliphatic rings. The second-order valence-corrected chi connectivity index (χ2v) is 13.0. The van der Waals surface area contributed by atoms with Gasteiger partial charge in [0.1, 0.15) is 22.9 Å². The Balaban J connectivity index is 1.39. The molecular weight excluding hydrogens is 613 g/mol. The highest BCUT2D eigenvalue weighted by molar-refractivity contribution is 5.68. The molecule has 0 bridgehead atoms. The number of aromatic nitrogens is 4. The molecule has 0 aliphatic carbocycles. The minimum Gasteiger partial charge on any atom is -0.497 e. The van der Waals surface area contributed by atoms with Gasteiger partial charge in [-0.3, -0.25) is 4.90 Å². The maximum atomic E-state index is 15.4. The first kappa shape index (κ1) is 34.5. The molecule has 1 fully saturated rings. The lowest BCUT2D eigenvalue weighted by Gasteiger charge is -2.40. The number of carbonyl (C=O) groups is 1. The Morgan fingerprint density at radius 1 is 0.917 bits per heavy atom. The van der Waals surface area contributed by atoms with Crippen LogP contribution in [-0.4, -0.2) is 81.3 Å². The van der Waals surface area contributed by atoms with Crippen LogP contribution in [0.1, 0.15) is 50.2 Å². The molecule has 11 nitrogen and oxygen atoms in total. The Kier molecular flexibility index (Phi) is 10.7. The lowest BCUT2D eigenvalue weighted by molar-refractivity contribution is 0.00459. The van der Waals surface area contributed by atoms with Gasteiger partial charge in [-0.1, -0.05) is 24.3 Å². The fourth-order valence-electron chi connectivity index (χ4n) is 5.52. The highest BCUT2D eigenvalue weighted by atomic mass is 19.1. The zero-order chi connectivity index (χ0) is 34.4. The van der Waals surface area contributed by atoms with Crippen LogP contribution in [0.25, 0.3) is 11.4 Å². The highest BCUT2D eigenvalue weighted by Gasteiger charge is 2.30. The van der Waals surface area contributed by atoms with Crippen molar-refractivity contribution in [3.05, 3.63) is 89.3 Å². The van der Waals surface area contributed by atoms with Gasteiger partial charge in [0.05, 0.1) is 19.8 Å². The van der Waals surface area contributed by atoms with Gasteiger partial charge in [0, 0.05) is 51.5 Å². The summed E-state index contributed by atoms with van der Waals surface area (Å²) in [5.41, 5.74) is 2.52. The molecule has 0 radical (unpaired) electrons. The van der Waals surface area contributed by atoms with Crippen molar-refractivity contribution in [2.75, 3.05) is 38.8 Å². The van der Waals surface area contributed by atoms with Crippen molar-refractivity contribution < 1.29 is 23.4 Å². The van der Waals surface area contributed by atoms with E-state index in [9.17, 15) is 4.79 Å². The Labute approximate surface area is 281 Å². The topological polar surface area (TPSA) is 106 Å². The average molecular weight is 658 g/mol. The molecular formula is C36H44FN7O4. The molecule has 1 atom stereocenters. The van der Waals surface area contributed by atoms with Crippen LogP contribution in [0.4, 0.5) is 15.1 Å². The van der Waals surface area contributed by atoms with Gasteiger partial charge in [-0.2, -0.15) is 14.4 Å². The first-order valence-corrected chi connectivity index (χ1v) is 16.0. The number of methoxy groups -OCH3 is 2. The van der Waals surface area contributed by atoms with Crippen molar-refractivity contribution in [2.45, 2.75) is 65.9 Å². The number of aryl methyl sites for hydroxylation is 1. The largest absolute Gasteiger partial charge is 0.497 e. The third-order valence-electron chi connectivity index (χ3n) is 8.02. The Bertz CT molecular complexity index is 1650. The van der Waals surface area contributed by atoms with Crippen molar-refractivity contribution in [1.29, 1.82) is 0 Å². The van der Waals surface area contributed by atoms with E-state index in [1.165, 1.54) is 0 Å². The Hall–Kier alpha value is -4.84. The molecule has 0 spiro atoms. The van der Waals surface area contributed by atoms with E-state index in [0.29, 0.717) is 51.0 Å². The summed E-state index contributed by atoms with van der Waals surface area (Å²) < 4.78 is 31.6. The number of piperazine rings is 1. The number of hydrogen-bond acceptors (Lipinski definition) is 10. The fourth-order valence-corrected chi connectivity index (χ4v) is 5.52. The number of amides is 1. The molecule has 1 saturated heterocycles. The van der Waals surface area contributed by atoms with Gasteiger partial charge in [-0.25, -0.2) is 14.8 Å². The third-order valence-corrected chi connectivity index (χ3v) is 8.02. The van der Waals surface area contributed by atoms with E-state index >= 15 is 4.39 Å². The number of anilines is 1. The number of nitrogens with zero attached hydrogens (tertiary/aromatic N) is 7. The van der Waals surface area contributed by atoms with Crippen molar-refractivity contribution >= 4 is 12.0 Å². The van der Waals surface area contributed by atoms with Gasteiger partial charge in [0.25, 0.3) is 0 Å². The summed E-state index contributed by atoms with van der Waals surface area (Å²) in [6.07, 6.45) is 1.23. The monoisotopic (exact) mass is 657 g/mol. The van der Waals surface area contributed by atoms with Gasteiger partial charge >= 0.3 is 6.09 Å². The van der Waals surface area contributed by atoms with E-state index in [2.05, 4.69) is 26.8 Å². The second kappa shape index (κ2) is 14.9. The van der Waals surface area contributed by atoms with Crippen LogP contribution in [-0.2, 0) is 24.4 Å². The van der Waals surface area contributed by atoms with Crippen LogP contribution in [0.15, 0.2) is 60.8 Å². The summed E-state index contributed by atoms with van der Waals surface area (Å²) in [7, 11) is 3.27. The van der Waals surface area contributed by atoms with E-state index in [0.717, 1.165) is 28.2 Å². The third kappa shape index (κ3) is 8.94. The highest BCUT2D eigenvalue weighted by Crippen LogP contribution is 2.26. The maximum absolute atomic E-state index is 15.4. The Morgan fingerprint density at radius 2 is 1.52 bits per heavy atom. The zero-order valence-electron chi connectivity index (χ0n) is 28.7. The number of hydrogen-bond donors (Lipinski definition) is 0. The van der Waals surface area contributed by atoms with Gasteiger partial charge in [-0.15, -0.1) is 0 Å². The predicted molar refractivity (Wildman–Crippen MR) is 181 cm³/mol. The molecule has 3 heterocycles. The number of ether oxygens (including phenoxy) is 3. The molecule has 0 saturated carbocycles. The second-order valence-electron chi connectivity index (χ2n) is 13.0. The van der Waals surface area contributed by atoms with Crippen molar-refractivity contribution in [2.24, 2.45) is 0 Å². The molecule has 5 rings (SSSR count). The molecule has 0 N–H and O–H groups in total. The summed E-state index contributed by atoms with van der Waals surface area (Å²) in [6, 6.07) is 17.5. The molecule has 4 aromatic rings. The van der Waals surface area contributed by atoms with Crippen LogP contribution >= 0.6 is 0 Å². The first-order chi connectivity index (χ1) is 22.9. The molecule has 48 heavy (non-hydrogen) atoms. The van der Waals surface area contributed by atoms with Crippen molar-refractivity contribution in [3.8, 4) is 22.9 Å². The van der Waals surface area contributed by atoms with Gasteiger partial charge < -0.3 is 24.0 Å². The van der Waals surface area contributed by atoms with E-state index < -0.39 is 11.5 Å². The fraction of sp³-hybridized carbons (Fsp3) is 0.417. The summed E-state index contributed by atoms with van der Waals surface area (Å²) in [4.78, 5) is 36.7. The number of benzene rings is 2. The minimum atomic E-state index is -0.657. The van der Waals surface area contributed by atoms with E-state index in [1.54, 1.807) is 38.3 Å². The van der Waals surface area contributed by atoms with Gasteiger partial charge in [-0.05, 0) is 81.6 Å². The lowest BCUT2D eigenvalue weighted by Crippen LogP contribution is -2.54. The Morgan fingerprint density at radius 3 is 2.06 bits per heavy atom. The van der Waals surface area contributed by atoms with Crippen molar-refractivity contribution in [3.63, 3.8) is 0 Å². The zero-order valence-corrected chi connectivity index (χ0v) is 28.7. The summed E-state index contributed by atoms with van der Waals surface area (Å²) in [5.74, 6) is 1.96. The number of carbonyl (C=O) groups excluding carboxylic acids is 1. The lowest BCUT2D eigenvalue weighted by atomic mass is 10.1. The quantitative estimate of drug-likeness (QED) is 0.187. The van der Waals surface area contributed by atoms with E-state index in [4.69, 9.17) is 19.2 Å². The number of pyridine rings is 1. The van der Waals surface area contributed by atoms with Crippen LogP contribution in [0.5, 0.6) is 11.5 Å². The maximum Gasteiger partial charge on any atom is 0.410 e.